The molecule has 21 heavy (non-hydrogen) atoms. The number of carbonyl (C=O) groups excluding carboxylic acids is 1. The van der Waals surface area contributed by atoms with Gasteiger partial charge >= 0.3 is 5.97 Å². The van der Waals surface area contributed by atoms with E-state index >= 15 is 0 Å². The van der Waals surface area contributed by atoms with E-state index in [4.69, 9.17) is 4.74 Å². The van der Waals surface area contributed by atoms with Crippen LogP contribution in [0.15, 0.2) is 48.1 Å². The van der Waals surface area contributed by atoms with Gasteiger partial charge in [-0.2, -0.15) is 0 Å². The van der Waals surface area contributed by atoms with Gasteiger partial charge in [0.25, 0.3) is 0 Å². The van der Waals surface area contributed by atoms with Crippen LogP contribution in [0.2, 0.25) is 0 Å². The van der Waals surface area contributed by atoms with Crippen LogP contribution in [0.3, 0.4) is 0 Å². The molecular weight excluding hydrogens is 260 g/mol. The van der Waals surface area contributed by atoms with Crippen molar-refractivity contribution in [3.05, 3.63) is 64.8 Å². The van der Waals surface area contributed by atoms with Crippen LogP contribution in [0, 0.1) is 13.8 Å². The lowest BCUT2D eigenvalue weighted by Crippen LogP contribution is -2.09. The van der Waals surface area contributed by atoms with Crippen LogP contribution in [-0.2, 0) is 9.53 Å². The molecule has 0 saturated heterocycles. The van der Waals surface area contributed by atoms with Crippen molar-refractivity contribution in [3.8, 4) is 0 Å². The summed E-state index contributed by atoms with van der Waals surface area (Å²) in [5.41, 5.74) is 4.73. The molecule has 2 heteroatoms. The third-order valence-corrected chi connectivity index (χ3v) is 3.17. The molecule has 0 aliphatic rings. The zero-order chi connectivity index (χ0) is 15.8. The average molecular weight is 284 g/mol. The lowest BCUT2D eigenvalue weighted by molar-refractivity contribution is -0.136. The van der Waals surface area contributed by atoms with Gasteiger partial charge in [-0.05, 0) is 51.3 Å². The first-order valence-corrected chi connectivity index (χ1v) is 7.26. The van der Waals surface area contributed by atoms with Crippen molar-refractivity contribution in [2.45, 2.75) is 34.6 Å². The Kier molecular flexibility index (Phi) is 6.67. The van der Waals surface area contributed by atoms with E-state index in [0.29, 0.717) is 12.2 Å². The SMILES string of the molecule is C\C=C/C=C\C(C)=C(/C(=O)OCC)c1ccc(C)cc1C. The quantitative estimate of drug-likeness (QED) is 0.442. The molecule has 1 rings (SSSR count). The Morgan fingerprint density at radius 2 is 1.95 bits per heavy atom. The van der Waals surface area contributed by atoms with Crippen LogP contribution in [-0.4, -0.2) is 12.6 Å². The Morgan fingerprint density at radius 1 is 1.24 bits per heavy atom. The summed E-state index contributed by atoms with van der Waals surface area (Å²) in [7, 11) is 0. The van der Waals surface area contributed by atoms with Gasteiger partial charge in [0.05, 0.1) is 12.2 Å². The monoisotopic (exact) mass is 284 g/mol. The zero-order valence-electron chi connectivity index (χ0n) is 13.6. The fraction of sp³-hybridized carbons (Fsp3) is 0.316. The minimum atomic E-state index is -0.271. The molecular formula is C19H24O2. The largest absolute Gasteiger partial charge is 0.462 e. The second kappa shape index (κ2) is 8.25. The third kappa shape index (κ3) is 4.75. The molecule has 0 saturated carbocycles. The van der Waals surface area contributed by atoms with E-state index in [2.05, 4.69) is 6.07 Å². The number of aryl methyl sites for hydroxylation is 2. The number of ether oxygens (including phenoxy) is 1. The first-order valence-electron chi connectivity index (χ1n) is 7.26. The highest BCUT2D eigenvalue weighted by Gasteiger charge is 2.17. The summed E-state index contributed by atoms with van der Waals surface area (Å²) in [6.07, 6.45) is 7.75. The molecule has 0 aromatic heterocycles. The Balaban J connectivity index is 3.37. The normalized spacial score (nSPS) is 12.8. The molecule has 0 radical (unpaired) electrons. The average Bonchev–Trinajstić information content (AvgIpc) is 2.42. The summed E-state index contributed by atoms with van der Waals surface area (Å²) in [4.78, 5) is 12.3. The lowest BCUT2D eigenvalue weighted by atomic mass is 9.95. The van der Waals surface area contributed by atoms with Crippen LogP contribution in [0.25, 0.3) is 5.57 Å². The Morgan fingerprint density at radius 3 is 2.52 bits per heavy atom. The smallest absolute Gasteiger partial charge is 0.339 e. The summed E-state index contributed by atoms with van der Waals surface area (Å²) < 4.78 is 5.22. The van der Waals surface area contributed by atoms with E-state index in [9.17, 15) is 4.79 Å². The fourth-order valence-corrected chi connectivity index (χ4v) is 2.18. The highest BCUT2D eigenvalue weighted by atomic mass is 16.5. The number of carbonyl (C=O) groups is 1. The van der Waals surface area contributed by atoms with Crippen molar-refractivity contribution in [3.63, 3.8) is 0 Å². The van der Waals surface area contributed by atoms with Gasteiger partial charge in [-0.3, -0.25) is 0 Å². The molecule has 0 unspecified atom stereocenters. The van der Waals surface area contributed by atoms with Gasteiger partial charge in [0.2, 0.25) is 0 Å². The van der Waals surface area contributed by atoms with Crippen LogP contribution in [0.4, 0.5) is 0 Å². The van der Waals surface area contributed by atoms with Crippen molar-refractivity contribution in [2.75, 3.05) is 6.61 Å². The molecule has 0 heterocycles. The van der Waals surface area contributed by atoms with Gasteiger partial charge < -0.3 is 4.74 Å². The molecule has 0 spiro atoms. The standard InChI is InChI=1S/C19H24O2/c1-6-8-9-10-15(4)18(19(20)21-7-2)17-12-11-14(3)13-16(17)5/h6,8-13H,7H2,1-5H3/b8-6-,10-9-,18-15-. The lowest BCUT2D eigenvalue weighted by Gasteiger charge is -2.13. The minimum Gasteiger partial charge on any atom is -0.462 e. The highest BCUT2D eigenvalue weighted by Crippen LogP contribution is 2.25. The number of hydrogen-bond donors (Lipinski definition) is 0. The zero-order valence-corrected chi connectivity index (χ0v) is 13.6. The maximum atomic E-state index is 12.3. The second-order valence-corrected chi connectivity index (χ2v) is 4.98. The van der Waals surface area contributed by atoms with E-state index in [0.717, 1.165) is 16.7 Å². The van der Waals surface area contributed by atoms with Gasteiger partial charge in [-0.25, -0.2) is 4.79 Å². The van der Waals surface area contributed by atoms with Crippen molar-refractivity contribution < 1.29 is 9.53 Å². The van der Waals surface area contributed by atoms with Gasteiger partial charge in [0, 0.05) is 0 Å². The molecule has 0 bridgehead atoms. The van der Waals surface area contributed by atoms with E-state index in [1.54, 1.807) is 0 Å². The van der Waals surface area contributed by atoms with Crippen molar-refractivity contribution in [1.29, 1.82) is 0 Å². The van der Waals surface area contributed by atoms with E-state index in [1.165, 1.54) is 5.56 Å². The maximum Gasteiger partial charge on any atom is 0.339 e. The molecule has 0 aliphatic heterocycles. The second-order valence-electron chi connectivity index (χ2n) is 4.98. The maximum absolute atomic E-state index is 12.3. The van der Waals surface area contributed by atoms with Crippen LogP contribution >= 0.6 is 0 Å². The predicted molar refractivity (Wildman–Crippen MR) is 89.1 cm³/mol. The molecule has 1 aromatic rings. The summed E-state index contributed by atoms with van der Waals surface area (Å²) in [5, 5.41) is 0. The summed E-state index contributed by atoms with van der Waals surface area (Å²) in [6.45, 7) is 10.2. The van der Waals surface area contributed by atoms with Crippen LogP contribution in [0.1, 0.15) is 37.5 Å². The molecule has 0 atom stereocenters. The molecule has 2 nitrogen and oxygen atoms in total. The summed E-state index contributed by atoms with van der Waals surface area (Å²) in [6, 6.07) is 6.09. The minimum absolute atomic E-state index is 0.271. The summed E-state index contributed by atoms with van der Waals surface area (Å²) in [5.74, 6) is -0.271. The van der Waals surface area contributed by atoms with E-state index < -0.39 is 0 Å². The van der Waals surface area contributed by atoms with Crippen molar-refractivity contribution in [1.82, 2.24) is 0 Å². The number of benzene rings is 1. The third-order valence-electron chi connectivity index (χ3n) is 3.17. The van der Waals surface area contributed by atoms with Gasteiger partial charge in [-0.1, -0.05) is 48.1 Å². The van der Waals surface area contributed by atoms with E-state index in [-0.39, 0.29) is 5.97 Å². The van der Waals surface area contributed by atoms with Crippen molar-refractivity contribution in [2.24, 2.45) is 0 Å². The van der Waals surface area contributed by atoms with Gasteiger partial charge in [0.15, 0.2) is 0 Å². The predicted octanol–water partition coefficient (Wildman–Crippen LogP) is 4.77. The van der Waals surface area contributed by atoms with Gasteiger partial charge in [-0.15, -0.1) is 0 Å². The Bertz CT molecular complexity index is 590. The Hall–Kier alpha value is -2.09. The van der Waals surface area contributed by atoms with Crippen LogP contribution < -0.4 is 0 Å². The van der Waals surface area contributed by atoms with E-state index in [1.807, 2.05) is 71.1 Å². The number of rotatable bonds is 5. The number of hydrogen-bond acceptors (Lipinski definition) is 2. The van der Waals surface area contributed by atoms with Crippen LogP contribution in [0.5, 0.6) is 0 Å². The first kappa shape index (κ1) is 17.0. The number of allylic oxidation sites excluding steroid dienone is 5. The highest BCUT2D eigenvalue weighted by molar-refractivity contribution is 6.18. The molecule has 1 aromatic carbocycles. The Labute approximate surface area is 127 Å². The van der Waals surface area contributed by atoms with Crippen molar-refractivity contribution >= 4 is 11.5 Å². The summed E-state index contributed by atoms with van der Waals surface area (Å²) >= 11 is 0. The molecule has 0 N–H and O–H groups in total. The molecule has 0 aliphatic carbocycles. The molecule has 112 valence electrons. The first-order chi connectivity index (χ1) is 10.0. The van der Waals surface area contributed by atoms with Gasteiger partial charge in [0.1, 0.15) is 0 Å². The molecule has 0 amide bonds. The fourth-order valence-electron chi connectivity index (χ4n) is 2.18. The topological polar surface area (TPSA) is 26.3 Å². The number of esters is 1. The molecule has 0 fully saturated rings.